The lowest BCUT2D eigenvalue weighted by Gasteiger charge is -2.11. The molecule has 0 bridgehead atoms. The van der Waals surface area contributed by atoms with E-state index in [-0.39, 0.29) is 18.1 Å². The van der Waals surface area contributed by atoms with Crippen LogP contribution in [0.4, 0.5) is 0 Å². The third kappa shape index (κ3) is 3.88. The van der Waals surface area contributed by atoms with Crippen LogP contribution >= 0.6 is 23.2 Å². The third-order valence-corrected chi connectivity index (χ3v) is 5.21. The first-order valence-corrected chi connectivity index (χ1v) is 9.84. The number of aromatic nitrogens is 1. The van der Waals surface area contributed by atoms with Crippen LogP contribution in [0.25, 0.3) is 5.69 Å². The van der Waals surface area contributed by atoms with Gasteiger partial charge in [0.2, 0.25) is 12.6 Å². The van der Waals surface area contributed by atoms with Crippen molar-refractivity contribution in [2.24, 2.45) is 0 Å². The Hall–Kier alpha value is -2.96. The van der Waals surface area contributed by atoms with Crippen LogP contribution < -0.4 is 9.47 Å². The van der Waals surface area contributed by atoms with Crippen LogP contribution in [-0.4, -0.2) is 29.7 Å². The van der Waals surface area contributed by atoms with Gasteiger partial charge in [-0.2, -0.15) is 0 Å². The molecule has 4 rings (SSSR count). The minimum absolute atomic E-state index is 0.186. The highest BCUT2D eigenvalue weighted by molar-refractivity contribution is 6.35. The quantitative estimate of drug-likeness (QED) is 0.400. The van der Waals surface area contributed by atoms with E-state index in [2.05, 4.69) is 0 Å². The number of benzene rings is 2. The molecule has 0 saturated heterocycles. The fourth-order valence-electron chi connectivity index (χ4n) is 3.43. The Kier molecular flexibility index (Phi) is 5.45. The van der Waals surface area contributed by atoms with Gasteiger partial charge in [-0.05, 0) is 50.2 Å². The zero-order valence-corrected chi connectivity index (χ0v) is 17.7. The molecule has 0 atom stereocenters. The average molecular weight is 446 g/mol. The lowest BCUT2D eigenvalue weighted by molar-refractivity contribution is 0.0474. The van der Waals surface area contributed by atoms with Gasteiger partial charge in [-0.15, -0.1) is 0 Å². The maximum atomic E-state index is 12.7. The van der Waals surface area contributed by atoms with E-state index in [1.165, 1.54) is 18.2 Å². The Bertz CT molecular complexity index is 1150. The fourth-order valence-corrected chi connectivity index (χ4v) is 3.96. The van der Waals surface area contributed by atoms with Gasteiger partial charge in [0.1, 0.15) is 0 Å². The van der Waals surface area contributed by atoms with Gasteiger partial charge in [-0.25, -0.2) is 4.79 Å². The predicted octanol–water partition coefficient (Wildman–Crippen LogP) is 5.17. The highest BCUT2D eigenvalue weighted by Crippen LogP contribution is 2.35. The fraction of sp³-hybridized carbons (Fsp3) is 0.182. The van der Waals surface area contributed by atoms with Crippen LogP contribution in [-0.2, 0) is 4.74 Å². The first-order chi connectivity index (χ1) is 14.3. The number of esters is 1. The molecule has 0 fully saturated rings. The molecule has 1 aromatic heterocycles. The van der Waals surface area contributed by atoms with Crippen LogP contribution in [0.3, 0.4) is 0 Å². The van der Waals surface area contributed by atoms with Gasteiger partial charge in [0, 0.05) is 38.8 Å². The Morgan fingerprint density at radius 1 is 1.00 bits per heavy atom. The van der Waals surface area contributed by atoms with E-state index in [1.807, 2.05) is 36.6 Å². The second kappa shape index (κ2) is 8.05. The minimum Gasteiger partial charge on any atom is -0.454 e. The molecule has 154 valence electrons. The highest BCUT2D eigenvalue weighted by Gasteiger charge is 2.21. The van der Waals surface area contributed by atoms with Crippen molar-refractivity contribution in [3.05, 3.63) is 75.0 Å². The predicted molar refractivity (Wildman–Crippen MR) is 112 cm³/mol. The van der Waals surface area contributed by atoms with Crippen molar-refractivity contribution >= 4 is 35.0 Å². The van der Waals surface area contributed by atoms with Gasteiger partial charge in [-0.3, -0.25) is 4.79 Å². The summed E-state index contributed by atoms with van der Waals surface area (Å²) in [5, 5.41) is 0.626. The number of carbonyl (C=O) groups excluding carboxylic acids is 2. The summed E-state index contributed by atoms with van der Waals surface area (Å²) in [6.45, 7) is 3.53. The van der Waals surface area contributed by atoms with E-state index >= 15 is 0 Å². The molecular formula is C22H17Cl2NO5. The van der Waals surface area contributed by atoms with Crippen LogP contribution in [0, 0.1) is 13.8 Å². The smallest absolute Gasteiger partial charge is 0.338 e. The number of carbonyl (C=O) groups is 2. The molecule has 8 heteroatoms. The standard InChI is InChI=1S/C22H17Cl2NO5/c1-12-5-18(13(2)25(12)17-3-4-20-21(9-17)30-11-29-20)19(26)10-28-22(27)14-6-15(23)8-16(24)7-14/h3-9H,10-11H2,1-2H3. The molecule has 1 aliphatic rings. The van der Waals surface area contributed by atoms with Gasteiger partial charge in [0.15, 0.2) is 18.1 Å². The minimum atomic E-state index is -0.669. The SMILES string of the molecule is Cc1cc(C(=O)COC(=O)c2cc(Cl)cc(Cl)c2)c(C)n1-c1ccc2c(c1)OCO2. The number of Topliss-reactive ketones (excluding diaryl/α,β-unsaturated/α-hetero) is 1. The number of nitrogens with zero attached hydrogens (tertiary/aromatic N) is 1. The summed E-state index contributed by atoms with van der Waals surface area (Å²) in [5.41, 5.74) is 3.10. The van der Waals surface area contributed by atoms with Gasteiger partial charge in [-0.1, -0.05) is 23.2 Å². The first-order valence-electron chi connectivity index (χ1n) is 9.09. The number of hydrogen-bond acceptors (Lipinski definition) is 5. The number of aryl methyl sites for hydroxylation is 1. The molecule has 3 aromatic rings. The third-order valence-electron chi connectivity index (χ3n) is 4.78. The topological polar surface area (TPSA) is 66.8 Å². The number of ketones is 1. The Balaban J connectivity index is 1.52. The maximum Gasteiger partial charge on any atom is 0.338 e. The van der Waals surface area contributed by atoms with Crippen molar-refractivity contribution in [3.8, 4) is 17.2 Å². The summed E-state index contributed by atoms with van der Waals surface area (Å²) >= 11 is 11.8. The van der Waals surface area contributed by atoms with Crippen LogP contribution in [0.2, 0.25) is 10.0 Å². The summed E-state index contributed by atoms with van der Waals surface area (Å²) < 4.78 is 17.9. The summed E-state index contributed by atoms with van der Waals surface area (Å²) in [4.78, 5) is 25.0. The molecule has 6 nitrogen and oxygen atoms in total. The zero-order chi connectivity index (χ0) is 21.4. The van der Waals surface area contributed by atoms with E-state index < -0.39 is 12.6 Å². The van der Waals surface area contributed by atoms with Gasteiger partial charge >= 0.3 is 5.97 Å². The molecule has 2 aromatic carbocycles. The van der Waals surface area contributed by atoms with E-state index in [0.717, 1.165) is 17.1 Å². The van der Waals surface area contributed by atoms with Crippen molar-refractivity contribution in [1.29, 1.82) is 0 Å². The molecule has 30 heavy (non-hydrogen) atoms. The van der Waals surface area contributed by atoms with E-state index in [4.69, 9.17) is 37.4 Å². The Morgan fingerprint density at radius 3 is 2.43 bits per heavy atom. The Morgan fingerprint density at radius 2 is 1.70 bits per heavy atom. The second-order valence-corrected chi connectivity index (χ2v) is 7.69. The number of hydrogen-bond donors (Lipinski definition) is 0. The molecule has 0 saturated carbocycles. The van der Waals surface area contributed by atoms with Crippen LogP contribution in [0.1, 0.15) is 32.1 Å². The summed E-state index contributed by atoms with van der Waals surface area (Å²) in [5.74, 6) is 0.362. The van der Waals surface area contributed by atoms with Gasteiger partial charge < -0.3 is 18.8 Å². The van der Waals surface area contributed by atoms with Gasteiger partial charge in [0.05, 0.1) is 5.56 Å². The largest absolute Gasteiger partial charge is 0.454 e. The van der Waals surface area contributed by atoms with Crippen LogP contribution in [0.15, 0.2) is 42.5 Å². The second-order valence-electron chi connectivity index (χ2n) is 6.82. The summed E-state index contributed by atoms with van der Waals surface area (Å²) in [7, 11) is 0. The lowest BCUT2D eigenvalue weighted by atomic mass is 10.1. The van der Waals surface area contributed by atoms with Crippen molar-refractivity contribution in [1.82, 2.24) is 4.57 Å². The lowest BCUT2D eigenvalue weighted by Crippen LogP contribution is -2.15. The maximum absolute atomic E-state index is 12.7. The molecule has 0 N–H and O–H groups in total. The number of ether oxygens (including phenoxy) is 3. The molecule has 2 heterocycles. The molecule has 0 unspecified atom stereocenters. The number of fused-ring (bicyclic) bond motifs is 1. The van der Waals surface area contributed by atoms with Crippen molar-refractivity contribution < 1.29 is 23.8 Å². The zero-order valence-electron chi connectivity index (χ0n) is 16.2. The molecule has 0 aliphatic carbocycles. The van der Waals surface area contributed by atoms with Crippen LogP contribution in [0.5, 0.6) is 11.5 Å². The van der Waals surface area contributed by atoms with Crippen molar-refractivity contribution in [2.75, 3.05) is 13.4 Å². The van der Waals surface area contributed by atoms with E-state index in [0.29, 0.717) is 27.1 Å². The monoisotopic (exact) mass is 445 g/mol. The molecule has 0 amide bonds. The summed E-state index contributed by atoms with van der Waals surface area (Å²) in [6.07, 6.45) is 0. The molecule has 0 spiro atoms. The van der Waals surface area contributed by atoms with E-state index in [1.54, 1.807) is 6.07 Å². The average Bonchev–Trinajstić information content (AvgIpc) is 3.28. The van der Waals surface area contributed by atoms with Gasteiger partial charge in [0.25, 0.3) is 0 Å². The summed E-state index contributed by atoms with van der Waals surface area (Å²) in [6, 6.07) is 11.7. The number of halogens is 2. The van der Waals surface area contributed by atoms with Crippen molar-refractivity contribution in [2.45, 2.75) is 13.8 Å². The Labute approximate surface area is 182 Å². The van der Waals surface area contributed by atoms with E-state index in [9.17, 15) is 9.59 Å². The highest BCUT2D eigenvalue weighted by atomic mass is 35.5. The normalized spacial score (nSPS) is 12.1. The van der Waals surface area contributed by atoms with Crippen molar-refractivity contribution in [3.63, 3.8) is 0 Å². The molecule has 0 radical (unpaired) electrons. The first kappa shape index (κ1) is 20.3. The molecular weight excluding hydrogens is 429 g/mol. The number of rotatable bonds is 5. The molecule has 1 aliphatic heterocycles.